The number of aliphatic carboxylic acids is 1. The molecule has 2 aromatic carbocycles. The Bertz CT molecular complexity index is 804. The molecule has 1 atom stereocenters. The topological polar surface area (TPSA) is 84.9 Å². The maximum absolute atomic E-state index is 12.3. The third kappa shape index (κ3) is 5.98. The van der Waals surface area contributed by atoms with Crippen LogP contribution in [0.3, 0.4) is 0 Å². The number of amides is 1. The first kappa shape index (κ1) is 20.7. The summed E-state index contributed by atoms with van der Waals surface area (Å²) in [5.41, 5.74) is 0.0274. The van der Waals surface area contributed by atoms with Crippen molar-refractivity contribution in [1.29, 1.82) is 0 Å². The molecule has 6 nitrogen and oxygen atoms in total. The molecule has 144 valence electrons. The lowest BCUT2D eigenvalue weighted by Crippen LogP contribution is -2.38. The van der Waals surface area contributed by atoms with Gasteiger partial charge in [0.05, 0.1) is 0 Å². The summed E-state index contributed by atoms with van der Waals surface area (Å²) in [6.45, 7) is 2.96. The minimum absolute atomic E-state index is 0.285. The van der Waals surface area contributed by atoms with E-state index in [2.05, 4.69) is 5.32 Å². The zero-order valence-corrected chi connectivity index (χ0v) is 16.1. The van der Waals surface area contributed by atoms with Gasteiger partial charge < -0.3 is 19.9 Å². The maximum atomic E-state index is 12.3. The molecule has 1 unspecified atom stereocenters. The molecule has 0 spiro atoms. The van der Waals surface area contributed by atoms with Crippen molar-refractivity contribution in [1.82, 2.24) is 5.32 Å². The lowest BCUT2D eigenvalue weighted by molar-refractivity contribution is -0.152. The van der Waals surface area contributed by atoms with Crippen molar-refractivity contribution >= 4 is 23.5 Å². The smallest absolute Gasteiger partial charge is 0.347 e. The number of halogens is 1. The lowest BCUT2D eigenvalue weighted by atomic mass is 10.1. The fourth-order valence-electron chi connectivity index (χ4n) is 2.30. The molecule has 2 aromatic rings. The van der Waals surface area contributed by atoms with Crippen molar-refractivity contribution < 1.29 is 24.2 Å². The van der Waals surface area contributed by atoms with Gasteiger partial charge >= 0.3 is 5.97 Å². The van der Waals surface area contributed by atoms with E-state index in [0.717, 1.165) is 5.56 Å². The number of ether oxygens (including phenoxy) is 2. The highest BCUT2D eigenvalue weighted by Crippen LogP contribution is 2.20. The molecule has 2 rings (SSSR count). The number of hydrogen-bond acceptors (Lipinski definition) is 4. The number of rotatable bonds is 8. The quantitative estimate of drug-likeness (QED) is 0.672. The van der Waals surface area contributed by atoms with Gasteiger partial charge in [0.1, 0.15) is 12.0 Å². The van der Waals surface area contributed by atoms with E-state index in [1.165, 1.54) is 21.0 Å². The Balaban J connectivity index is 1.99. The van der Waals surface area contributed by atoms with Crippen molar-refractivity contribution in [3.63, 3.8) is 0 Å². The zero-order valence-electron chi connectivity index (χ0n) is 15.4. The van der Waals surface area contributed by atoms with Crippen LogP contribution in [0.25, 0.3) is 0 Å². The highest BCUT2D eigenvalue weighted by molar-refractivity contribution is 6.30. The van der Waals surface area contributed by atoms with Crippen LogP contribution in [0.1, 0.15) is 29.8 Å². The normalized spacial score (nSPS) is 12.3. The van der Waals surface area contributed by atoms with Gasteiger partial charge in [-0.1, -0.05) is 29.8 Å². The second kappa shape index (κ2) is 8.88. The van der Waals surface area contributed by atoms with Crippen LogP contribution in [0.2, 0.25) is 5.02 Å². The van der Waals surface area contributed by atoms with Crippen molar-refractivity contribution in [2.45, 2.75) is 32.1 Å². The van der Waals surface area contributed by atoms with Gasteiger partial charge in [-0.15, -0.1) is 0 Å². The fourth-order valence-corrected chi connectivity index (χ4v) is 2.49. The zero-order chi connectivity index (χ0) is 20.0. The van der Waals surface area contributed by atoms with E-state index in [4.69, 9.17) is 26.2 Å². The summed E-state index contributed by atoms with van der Waals surface area (Å²) in [4.78, 5) is 23.4. The summed E-state index contributed by atoms with van der Waals surface area (Å²) in [6, 6.07) is 13.6. The van der Waals surface area contributed by atoms with Crippen molar-refractivity contribution in [2.75, 3.05) is 7.11 Å². The molecule has 0 saturated carbocycles. The predicted molar refractivity (Wildman–Crippen MR) is 102 cm³/mol. The van der Waals surface area contributed by atoms with Gasteiger partial charge in [0.15, 0.2) is 5.60 Å². The molecule has 0 saturated heterocycles. The van der Waals surface area contributed by atoms with E-state index in [1.807, 2.05) is 0 Å². The molecule has 0 aromatic heterocycles. The van der Waals surface area contributed by atoms with Crippen molar-refractivity contribution in [2.24, 2.45) is 0 Å². The third-order valence-corrected chi connectivity index (χ3v) is 4.13. The van der Waals surface area contributed by atoms with Crippen LogP contribution in [-0.2, 0) is 16.0 Å². The Hall–Kier alpha value is -2.57. The van der Waals surface area contributed by atoms with E-state index in [0.29, 0.717) is 22.8 Å². The lowest BCUT2D eigenvalue weighted by Gasteiger charge is -2.22. The summed E-state index contributed by atoms with van der Waals surface area (Å²) < 4.78 is 10.8. The summed E-state index contributed by atoms with van der Waals surface area (Å²) in [7, 11) is 1.51. The van der Waals surface area contributed by atoms with Crippen LogP contribution in [0, 0.1) is 0 Å². The molecule has 2 N–H and O–H groups in total. The molecular weight excluding hydrogens is 370 g/mol. The number of nitrogens with one attached hydrogen (secondary N) is 1. The predicted octanol–water partition coefficient (Wildman–Crippen LogP) is 3.53. The average Bonchev–Trinajstić information content (AvgIpc) is 2.62. The minimum Gasteiger partial charge on any atom is -0.478 e. The number of hydrogen-bond donors (Lipinski definition) is 2. The molecule has 0 aliphatic heterocycles. The summed E-state index contributed by atoms with van der Waals surface area (Å²) in [6.07, 6.45) is -0.0930. The van der Waals surface area contributed by atoms with E-state index < -0.39 is 17.8 Å². The van der Waals surface area contributed by atoms with E-state index in [9.17, 15) is 9.59 Å². The minimum atomic E-state index is -1.32. The van der Waals surface area contributed by atoms with Gasteiger partial charge in [-0.25, -0.2) is 4.79 Å². The molecule has 0 aliphatic carbocycles. The van der Waals surface area contributed by atoms with Crippen LogP contribution in [0.5, 0.6) is 5.75 Å². The standard InChI is InChI=1S/C20H22ClNO5/c1-20(2,19(24)25)27-16-9-7-13(8-10-16)11-17(26-3)22-18(23)14-5-4-6-15(21)12-14/h4-10,12,17H,11H2,1-3H3,(H,22,23)(H,24,25). The average molecular weight is 392 g/mol. The first-order chi connectivity index (χ1) is 12.7. The number of carbonyl (C=O) groups excluding carboxylic acids is 1. The Morgan fingerprint density at radius 3 is 2.41 bits per heavy atom. The number of carboxylic acids is 1. The van der Waals surface area contributed by atoms with Gasteiger partial charge in [-0.3, -0.25) is 4.79 Å². The van der Waals surface area contributed by atoms with E-state index in [1.54, 1.807) is 48.5 Å². The summed E-state index contributed by atoms with van der Waals surface area (Å²) in [5.74, 6) is -0.884. The largest absolute Gasteiger partial charge is 0.478 e. The van der Waals surface area contributed by atoms with Crippen LogP contribution in [0.15, 0.2) is 48.5 Å². The Labute approximate surface area is 163 Å². The highest BCUT2D eigenvalue weighted by atomic mass is 35.5. The van der Waals surface area contributed by atoms with Gasteiger partial charge in [0.2, 0.25) is 0 Å². The Morgan fingerprint density at radius 2 is 1.85 bits per heavy atom. The van der Waals surface area contributed by atoms with Crippen LogP contribution < -0.4 is 10.1 Å². The number of benzene rings is 2. The SMILES string of the molecule is COC(Cc1ccc(OC(C)(C)C(=O)O)cc1)NC(=O)c1cccc(Cl)c1. The molecule has 0 fully saturated rings. The van der Waals surface area contributed by atoms with Gasteiger partial charge in [-0.05, 0) is 49.7 Å². The first-order valence-corrected chi connectivity index (χ1v) is 8.69. The van der Waals surface area contributed by atoms with Crippen LogP contribution >= 0.6 is 11.6 Å². The molecule has 27 heavy (non-hydrogen) atoms. The second-order valence-corrected chi connectivity index (χ2v) is 6.91. The first-order valence-electron chi connectivity index (χ1n) is 8.32. The monoisotopic (exact) mass is 391 g/mol. The van der Waals surface area contributed by atoms with E-state index in [-0.39, 0.29) is 5.91 Å². The highest BCUT2D eigenvalue weighted by Gasteiger charge is 2.29. The van der Waals surface area contributed by atoms with Crippen LogP contribution in [0.4, 0.5) is 0 Å². The molecule has 0 heterocycles. The number of carboxylic acid groups (broad SMARTS) is 1. The molecule has 0 aliphatic rings. The third-order valence-electron chi connectivity index (χ3n) is 3.90. The summed E-state index contributed by atoms with van der Waals surface area (Å²) in [5, 5.41) is 12.4. The molecule has 1 amide bonds. The van der Waals surface area contributed by atoms with Gasteiger partial charge in [0, 0.05) is 24.1 Å². The molecule has 0 radical (unpaired) electrons. The summed E-state index contributed by atoms with van der Waals surface area (Å²) >= 11 is 5.91. The molecule has 0 bridgehead atoms. The number of carbonyl (C=O) groups is 2. The van der Waals surface area contributed by atoms with Crippen LogP contribution in [-0.4, -0.2) is 35.9 Å². The molecule has 7 heteroatoms. The Kier molecular flexibility index (Phi) is 6.82. The Morgan fingerprint density at radius 1 is 1.19 bits per heavy atom. The van der Waals surface area contributed by atoms with Crippen molar-refractivity contribution in [3.05, 3.63) is 64.7 Å². The van der Waals surface area contributed by atoms with Crippen molar-refractivity contribution in [3.8, 4) is 5.75 Å². The van der Waals surface area contributed by atoms with E-state index >= 15 is 0 Å². The number of methoxy groups -OCH3 is 1. The second-order valence-electron chi connectivity index (χ2n) is 6.47. The van der Waals surface area contributed by atoms with Gasteiger partial charge in [-0.2, -0.15) is 0 Å². The maximum Gasteiger partial charge on any atom is 0.347 e. The molecular formula is C20H22ClNO5. The fraction of sp³-hybridized carbons (Fsp3) is 0.300. The van der Waals surface area contributed by atoms with Gasteiger partial charge in [0.25, 0.3) is 5.91 Å².